The number of fused-ring (bicyclic) bond motifs is 1. The van der Waals surface area contributed by atoms with Gasteiger partial charge in [-0.2, -0.15) is 0 Å². The second kappa shape index (κ2) is 7.00. The molecule has 0 spiro atoms. The highest BCUT2D eigenvalue weighted by Gasteiger charge is 2.20. The third kappa shape index (κ3) is 3.35. The number of rotatable bonds is 4. The Hall–Kier alpha value is -1.77. The van der Waals surface area contributed by atoms with Crippen LogP contribution < -0.4 is 5.32 Å². The van der Waals surface area contributed by atoms with Crippen LogP contribution in [0.4, 0.5) is 5.13 Å². The Bertz CT molecular complexity index is 933. The molecule has 0 aliphatic carbocycles. The van der Waals surface area contributed by atoms with Crippen molar-refractivity contribution < 1.29 is 14.3 Å². The number of halogens is 1. The van der Waals surface area contributed by atoms with Gasteiger partial charge in [0.15, 0.2) is 5.13 Å². The van der Waals surface area contributed by atoms with E-state index in [9.17, 15) is 9.59 Å². The molecule has 0 unspecified atom stereocenters. The van der Waals surface area contributed by atoms with E-state index >= 15 is 0 Å². The number of thiophene rings is 1. The maximum Gasteiger partial charge on any atom is 0.348 e. The Kier molecular flexibility index (Phi) is 4.98. The molecule has 1 N–H and O–H groups in total. The number of carbonyl (C=O) groups is 2. The lowest BCUT2D eigenvalue weighted by Gasteiger charge is -2.02. The summed E-state index contributed by atoms with van der Waals surface area (Å²) in [4.78, 5) is 29.9. The smallest absolute Gasteiger partial charge is 0.348 e. The molecule has 0 aliphatic heterocycles. The zero-order valence-electron chi connectivity index (χ0n) is 12.9. The predicted octanol–water partition coefficient (Wildman–Crippen LogP) is 4.86. The molecule has 8 heteroatoms. The van der Waals surface area contributed by atoms with Crippen LogP contribution in [0.2, 0.25) is 0 Å². The summed E-state index contributed by atoms with van der Waals surface area (Å²) in [5.74, 6) is -0.550. The quantitative estimate of drug-likeness (QED) is 0.607. The molecular weight excluding hydrogens is 412 g/mol. The molecule has 3 aromatic rings. The van der Waals surface area contributed by atoms with Gasteiger partial charge in [-0.15, -0.1) is 11.3 Å². The molecule has 24 heavy (non-hydrogen) atoms. The van der Waals surface area contributed by atoms with Crippen LogP contribution >= 0.6 is 38.6 Å². The van der Waals surface area contributed by atoms with Gasteiger partial charge in [0.1, 0.15) is 9.71 Å². The zero-order chi connectivity index (χ0) is 17.3. The summed E-state index contributed by atoms with van der Waals surface area (Å²) < 4.78 is 6.78. The largest absolute Gasteiger partial charge is 0.462 e. The number of nitrogens with one attached hydrogen (secondary N) is 1. The summed E-state index contributed by atoms with van der Waals surface area (Å²) in [6.07, 6.45) is 0. The van der Waals surface area contributed by atoms with E-state index in [4.69, 9.17) is 4.74 Å². The summed E-state index contributed by atoms with van der Waals surface area (Å²) in [5.41, 5.74) is 1.39. The molecule has 1 aromatic carbocycles. The van der Waals surface area contributed by atoms with E-state index < -0.39 is 0 Å². The number of anilines is 1. The first-order valence-corrected chi connectivity index (χ1v) is 9.56. The molecule has 0 fully saturated rings. The van der Waals surface area contributed by atoms with Crippen molar-refractivity contribution in [2.75, 3.05) is 11.9 Å². The summed E-state index contributed by atoms with van der Waals surface area (Å²) in [6, 6.07) is 7.14. The number of amides is 1. The molecule has 124 valence electrons. The average molecular weight is 425 g/mol. The number of thiazole rings is 1. The molecule has 0 atom stereocenters. The Morgan fingerprint density at radius 1 is 1.33 bits per heavy atom. The molecule has 5 nitrogen and oxygen atoms in total. The van der Waals surface area contributed by atoms with Crippen LogP contribution in [0, 0.1) is 6.92 Å². The number of hydrogen-bond donors (Lipinski definition) is 1. The van der Waals surface area contributed by atoms with Gasteiger partial charge in [-0.3, -0.25) is 10.1 Å². The van der Waals surface area contributed by atoms with Crippen LogP contribution in [0.25, 0.3) is 9.53 Å². The van der Waals surface area contributed by atoms with Crippen LogP contribution in [0.1, 0.15) is 32.5 Å². The third-order valence-electron chi connectivity index (χ3n) is 3.24. The van der Waals surface area contributed by atoms with Gasteiger partial charge in [0.25, 0.3) is 5.91 Å². The van der Waals surface area contributed by atoms with E-state index in [1.54, 1.807) is 25.1 Å². The summed E-state index contributed by atoms with van der Waals surface area (Å²) in [7, 11) is 0. The molecule has 0 bridgehead atoms. The van der Waals surface area contributed by atoms with E-state index in [1.807, 2.05) is 13.0 Å². The van der Waals surface area contributed by atoms with Crippen molar-refractivity contribution in [3.05, 3.63) is 44.7 Å². The topological polar surface area (TPSA) is 68.3 Å². The molecule has 0 aliphatic rings. The van der Waals surface area contributed by atoms with Crippen LogP contribution in [-0.2, 0) is 4.74 Å². The minimum atomic E-state index is -0.329. The van der Waals surface area contributed by atoms with Crippen LogP contribution in [0.3, 0.4) is 0 Å². The predicted molar refractivity (Wildman–Crippen MR) is 100 cm³/mol. The number of benzene rings is 1. The van der Waals surface area contributed by atoms with Crippen molar-refractivity contribution in [2.45, 2.75) is 13.8 Å². The Morgan fingerprint density at radius 3 is 2.79 bits per heavy atom. The fourth-order valence-electron chi connectivity index (χ4n) is 2.13. The summed E-state index contributed by atoms with van der Waals surface area (Å²) >= 11 is 5.99. The fraction of sp³-hybridized carbons (Fsp3) is 0.188. The van der Waals surface area contributed by atoms with Crippen molar-refractivity contribution in [2.24, 2.45) is 0 Å². The lowest BCUT2D eigenvalue weighted by Crippen LogP contribution is -2.11. The monoisotopic (exact) mass is 424 g/mol. The zero-order valence-corrected chi connectivity index (χ0v) is 16.1. The van der Waals surface area contributed by atoms with Crippen molar-refractivity contribution in [3.63, 3.8) is 0 Å². The average Bonchev–Trinajstić information content (AvgIpc) is 3.07. The number of nitrogens with zero attached hydrogens (tertiary/aromatic N) is 1. The molecule has 0 saturated carbocycles. The first kappa shape index (κ1) is 17.1. The van der Waals surface area contributed by atoms with Gasteiger partial charge in [-0.1, -0.05) is 33.3 Å². The van der Waals surface area contributed by atoms with Gasteiger partial charge in [0.2, 0.25) is 0 Å². The highest BCUT2D eigenvalue weighted by Crippen LogP contribution is 2.37. The van der Waals surface area contributed by atoms with E-state index in [0.717, 1.165) is 19.6 Å². The van der Waals surface area contributed by atoms with Crippen LogP contribution in [0.5, 0.6) is 0 Å². The normalized spacial score (nSPS) is 10.8. The van der Waals surface area contributed by atoms with E-state index in [-0.39, 0.29) is 11.9 Å². The molecule has 0 radical (unpaired) electrons. The van der Waals surface area contributed by atoms with Gasteiger partial charge < -0.3 is 4.74 Å². The number of carbonyl (C=O) groups excluding carboxylic acids is 2. The summed E-state index contributed by atoms with van der Waals surface area (Å²) in [5, 5.41) is 3.31. The Balaban J connectivity index is 1.84. The molecule has 2 aromatic heterocycles. The van der Waals surface area contributed by atoms with Crippen LogP contribution in [0.15, 0.2) is 28.7 Å². The first-order chi connectivity index (χ1) is 11.5. The Morgan fingerprint density at radius 2 is 2.12 bits per heavy atom. The van der Waals surface area contributed by atoms with Crippen molar-refractivity contribution in [1.82, 2.24) is 4.98 Å². The highest BCUT2D eigenvalue weighted by molar-refractivity contribution is 9.10. The second-order valence-electron chi connectivity index (χ2n) is 4.89. The van der Waals surface area contributed by atoms with Crippen molar-refractivity contribution in [3.8, 4) is 0 Å². The van der Waals surface area contributed by atoms with Crippen molar-refractivity contribution in [1.29, 1.82) is 0 Å². The molecule has 1 amide bonds. The number of aromatic nitrogens is 1. The molecular formula is C16H13BrN2O3S2. The van der Waals surface area contributed by atoms with E-state index in [1.165, 1.54) is 22.7 Å². The van der Waals surface area contributed by atoms with Gasteiger partial charge in [0, 0.05) is 10.0 Å². The van der Waals surface area contributed by atoms with Gasteiger partial charge in [0.05, 0.1) is 11.3 Å². The van der Waals surface area contributed by atoms with Gasteiger partial charge in [-0.05, 0) is 37.6 Å². The lowest BCUT2D eigenvalue weighted by molar-refractivity contribution is 0.0531. The summed E-state index contributed by atoms with van der Waals surface area (Å²) in [6.45, 7) is 3.98. The highest BCUT2D eigenvalue weighted by atomic mass is 79.9. The van der Waals surface area contributed by atoms with E-state index in [2.05, 4.69) is 26.2 Å². The number of aryl methyl sites for hydroxylation is 1. The number of ether oxygens (including phenoxy) is 1. The fourth-order valence-corrected chi connectivity index (χ4v) is 4.74. The Labute approximate surface area is 154 Å². The van der Waals surface area contributed by atoms with Crippen molar-refractivity contribution >= 4 is 65.1 Å². The second-order valence-corrected chi connectivity index (χ2v) is 7.81. The first-order valence-electron chi connectivity index (χ1n) is 7.13. The van der Waals surface area contributed by atoms with E-state index in [0.29, 0.717) is 22.2 Å². The minimum absolute atomic E-state index is 0.221. The molecule has 3 rings (SSSR count). The number of hydrogen-bond acceptors (Lipinski definition) is 6. The number of esters is 1. The maximum atomic E-state index is 12.3. The molecule has 2 heterocycles. The minimum Gasteiger partial charge on any atom is -0.462 e. The SMILES string of the molecule is CCOC(=O)c1sc2nc(NC(=O)c3cccc(Br)c3)sc2c1C. The molecule has 0 saturated heterocycles. The third-order valence-corrected chi connectivity index (χ3v) is 6.12. The van der Waals surface area contributed by atoms with Gasteiger partial charge >= 0.3 is 5.97 Å². The lowest BCUT2D eigenvalue weighted by atomic mass is 10.2. The standard InChI is InChI=1S/C16H13BrN2O3S2/c1-3-22-15(21)12-8(2)11-14(23-12)19-16(24-11)18-13(20)9-5-4-6-10(17)7-9/h4-7H,3H2,1-2H3,(H,18,19,20). The van der Waals surface area contributed by atoms with Gasteiger partial charge in [-0.25, -0.2) is 9.78 Å². The van der Waals surface area contributed by atoms with Crippen LogP contribution in [-0.4, -0.2) is 23.5 Å². The maximum absolute atomic E-state index is 12.3.